The van der Waals surface area contributed by atoms with Crippen molar-refractivity contribution in [2.45, 2.75) is 12.8 Å². The lowest BCUT2D eigenvalue weighted by molar-refractivity contribution is 0.309. The maximum Gasteiger partial charge on any atom is 0.137 e. The Morgan fingerprint density at radius 2 is 2.33 bits per heavy atom. The van der Waals surface area contributed by atoms with E-state index in [0.29, 0.717) is 0 Å². The molecule has 0 amide bonds. The molecule has 0 aromatic carbocycles. The molecule has 0 atom stereocenters. The Labute approximate surface area is 81.1 Å². The highest BCUT2D eigenvalue weighted by Gasteiger charge is 1.90. The van der Waals surface area contributed by atoms with E-state index in [2.05, 4.69) is 20.9 Å². The van der Waals surface area contributed by atoms with E-state index in [1.165, 1.54) is 0 Å². The van der Waals surface area contributed by atoms with E-state index < -0.39 is 0 Å². The average Bonchev–Trinajstić information content (AvgIpc) is 2.14. The largest absolute Gasteiger partial charge is 0.492 e. The van der Waals surface area contributed by atoms with E-state index in [4.69, 9.17) is 4.74 Å². The molecule has 1 heterocycles. The van der Waals surface area contributed by atoms with Crippen molar-refractivity contribution >= 4 is 15.9 Å². The summed E-state index contributed by atoms with van der Waals surface area (Å²) in [5, 5.41) is 1.05. The maximum absolute atomic E-state index is 5.42. The lowest BCUT2D eigenvalue weighted by Gasteiger charge is -2.03. The van der Waals surface area contributed by atoms with Gasteiger partial charge in [-0.3, -0.25) is 4.98 Å². The molecule has 0 N–H and O–H groups in total. The van der Waals surface area contributed by atoms with Gasteiger partial charge >= 0.3 is 0 Å². The van der Waals surface area contributed by atoms with E-state index in [1.54, 1.807) is 12.4 Å². The summed E-state index contributed by atoms with van der Waals surface area (Å²) in [5.74, 6) is 0.854. The minimum absolute atomic E-state index is 0.775. The Morgan fingerprint density at radius 3 is 3.00 bits per heavy atom. The van der Waals surface area contributed by atoms with Gasteiger partial charge in [0.15, 0.2) is 0 Å². The summed E-state index contributed by atoms with van der Waals surface area (Å²) >= 11 is 3.37. The zero-order chi connectivity index (χ0) is 8.65. The summed E-state index contributed by atoms with van der Waals surface area (Å²) in [6.07, 6.45) is 5.71. The van der Waals surface area contributed by atoms with Gasteiger partial charge < -0.3 is 4.74 Å². The van der Waals surface area contributed by atoms with Gasteiger partial charge in [0.2, 0.25) is 0 Å². The van der Waals surface area contributed by atoms with Gasteiger partial charge in [0.05, 0.1) is 12.8 Å². The molecule has 66 valence electrons. The topological polar surface area (TPSA) is 22.1 Å². The monoisotopic (exact) mass is 229 g/mol. The quantitative estimate of drug-likeness (QED) is 0.573. The van der Waals surface area contributed by atoms with Crippen LogP contribution < -0.4 is 4.74 Å². The second kappa shape index (κ2) is 6.00. The van der Waals surface area contributed by atoms with Gasteiger partial charge in [-0.05, 0) is 25.0 Å². The van der Waals surface area contributed by atoms with Crippen molar-refractivity contribution in [1.29, 1.82) is 0 Å². The van der Waals surface area contributed by atoms with Crippen molar-refractivity contribution in [2.75, 3.05) is 11.9 Å². The van der Waals surface area contributed by atoms with E-state index in [0.717, 1.165) is 30.5 Å². The first-order valence-corrected chi connectivity index (χ1v) is 5.14. The summed E-state index contributed by atoms with van der Waals surface area (Å²) in [6.45, 7) is 0.775. The third-order valence-electron chi connectivity index (χ3n) is 1.43. The normalized spacial score (nSPS) is 9.75. The van der Waals surface area contributed by atoms with Crippen LogP contribution in [0, 0.1) is 0 Å². The summed E-state index contributed by atoms with van der Waals surface area (Å²) in [7, 11) is 0. The summed E-state index contributed by atoms with van der Waals surface area (Å²) in [5.41, 5.74) is 0. The molecule has 0 fully saturated rings. The molecular weight excluding hydrogens is 218 g/mol. The van der Waals surface area contributed by atoms with Crippen molar-refractivity contribution in [2.24, 2.45) is 0 Å². The predicted octanol–water partition coefficient (Wildman–Crippen LogP) is 2.64. The molecule has 0 saturated carbocycles. The maximum atomic E-state index is 5.42. The molecule has 1 aromatic heterocycles. The Balaban J connectivity index is 2.16. The number of pyridine rings is 1. The molecule has 0 saturated heterocycles. The van der Waals surface area contributed by atoms with Crippen LogP contribution >= 0.6 is 15.9 Å². The molecule has 1 rings (SSSR count). The van der Waals surface area contributed by atoms with Gasteiger partial charge in [-0.15, -0.1) is 0 Å². The fraction of sp³-hybridized carbons (Fsp3) is 0.444. The lowest BCUT2D eigenvalue weighted by Crippen LogP contribution is -1.97. The first-order valence-electron chi connectivity index (χ1n) is 4.02. The molecule has 3 heteroatoms. The Hall–Kier alpha value is -0.570. The van der Waals surface area contributed by atoms with Crippen molar-refractivity contribution < 1.29 is 4.74 Å². The van der Waals surface area contributed by atoms with Crippen LogP contribution in [0.5, 0.6) is 5.75 Å². The highest BCUT2D eigenvalue weighted by molar-refractivity contribution is 9.09. The standard InChI is InChI=1S/C9H12BrNO/c10-5-1-2-7-12-9-4-3-6-11-8-9/h3-4,6,8H,1-2,5,7H2. The van der Waals surface area contributed by atoms with Crippen LogP contribution in [0.25, 0.3) is 0 Å². The predicted molar refractivity (Wildman–Crippen MR) is 52.8 cm³/mol. The molecule has 0 aliphatic heterocycles. The second-order valence-electron chi connectivity index (χ2n) is 2.43. The molecule has 0 radical (unpaired) electrons. The lowest BCUT2D eigenvalue weighted by atomic mass is 10.3. The minimum atomic E-state index is 0.775. The smallest absolute Gasteiger partial charge is 0.137 e. The number of halogens is 1. The van der Waals surface area contributed by atoms with Crippen molar-refractivity contribution in [1.82, 2.24) is 4.98 Å². The number of hydrogen-bond acceptors (Lipinski definition) is 2. The van der Waals surface area contributed by atoms with Crippen LogP contribution in [-0.2, 0) is 0 Å². The fourth-order valence-electron chi connectivity index (χ4n) is 0.819. The Morgan fingerprint density at radius 1 is 1.42 bits per heavy atom. The molecule has 0 aliphatic rings. The van der Waals surface area contributed by atoms with Crippen LogP contribution in [0.2, 0.25) is 0 Å². The number of hydrogen-bond donors (Lipinski definition) is 0. The van der Waals surface area contributed by atoms with Crippen molar-refractivity contribution in [3.05, 3.63) is 24.5 Å². The van der Waals surface area contributed by atoms with Gasteiger partial charge in [0, 0.05) is 11.5 Å². The van der Waals surface area contributed by atoms with Gasteiger partial charge in [0.25, 0.3) is 0 Å². The second-order valence-corrected chi connectivity index (χ2v) is 3.23. The highest BCUT2D eigenvalue weighted by atomic mass is 79.9. The van der Waals surface area contributed by atoms with Crippen molar-refractivity contribution in [3.63, 3.8) is 0 Å². The molecule has 0 unspecified atom stereocenters. The Kier molecular flexibility index (Phi) is 4.76. The van der Waals surface area contributed by atoms with E-state index in [9.17, 15) is 0 Å². The third kappa shape index (κ3) is 3.72. The zero-order valence-electron chi connectivity index (χ0n) is 6.87. The van der Waals surface area contributed by atoms with Crippen LogP contribution in [0.15, 0.2) is 24.5 Å². The van der Waals surface area contributed by atoms with Gasteiger partial charge in [-0.25, -0.2) is 0 Å². The van der Waals surface area contributed by atoms with E-state index in [1.807, 2.05) is 12.1 Å². The molecule has 2 nitrogen and oxygen atoms in total. The molecule has 0 aliphatic carbocycles. The van der Waals surface area contributed by atoms with E-state index >= 15 is 0 Å². The van der Waals surface area contributed by atoms with Gasteiger partial charge in [-0.1, -0.05) is 15.9 Å². The minimum Gasteiger partial charge on any atom is -0.492 e. The number of aromatic nitrogens is 1. The Bertz CT molecular complexity index is 203. The van der Waals surface area contributed by atoms with Crippen LogP contribution in [0.1, 0.15) is 12.8 Å². The van der Waals surface area contributed by atoms with Crippen LogP contribution in [0.3, 0.4) is 0 Å². The number of ether oxygens (including phenoxy) is 1. The summed E-state index contributed by atoms with van der Waals surface area (Å²) < 4.78 is 5.42. The molecule has 0 spiro atoms. The summed E-state index contributed by atoms with van der Waals surface area (Å²) in [4.78, 5) is 3.95. The molecule has 12 heavy (non-hydrogen) atoms. The molecular formula is C9H12BrNO. The van der Waals surface area contributed by atoms with Crippen LogP contribution in [-0.4, -0.2) is 16.9 Å². The zero-order valence-corrected chi connectivity index (χ0v) is 8.46. The number of rotatable bonds is 5. The number of nitrogens with zero attached hydrogens (tertiary/aromatic N) is 1. The fourth-order valence-corrected chi connectivity index (χ4v) is 1.22. The number of alkyl halides is 1. The first kappa shape index (κ1) is 9.52. The van der Waals surface area contributed by atoms with Crippen LogP contribution in [0.4, 0.5) is 0 Å². The SMILES string of the molecule is BrCCCCOc1cccnc1. The number of unbranched alkanes of at least 4 members (excludes halogenated alkanes) is 1. The van der Waals surface area contributed by atoms with Gasteiger partial charge in [0.1, 0.15) is 5.75 Å². The average molecular weight is 230 g/mol. The van der Waals surface area contributed by atoms with E-state index in [-0.39, 0.29) is 0 Å². The highest BCUT2D eigenvalue weighted by Crippen LogP contribution is 2.06. The summed E-state index contributed by atoms with van der Waals surface area (Å²) in [6, 6.07) is 3.79. The molecule has 1 aromatic rings. The van der Waals surface area contributed by atoms with Crippen molar-refractivity contribution in [3.8, 4) is 5.75 Å². The van der Waals surface area contributed by atoms with Gasteiger partial charge in [-0.2, -0.15) is 0 Å². The molecule has 0 bridgehead atoms. The third-order valence-corrected chi connectivity index (χ3v) is 1.99. The first-order chi connectivity index (χ1) is 5.93.